The molecule has 0 fully saturated rings. The monoisotopic (exact) mass is 289 g/mol. The molecule has 5 heteroatoms. The van der Waals surface area contributed by atoms with E-state index < -0.39 is 5.82 Å². The molecule has 0 aliphatic rings. The number of aromatic hydroxyl groups is 2. The fourth-order valence-electron chi connectivity index (χ4n) is 1.97. The van der Waals surface area contributed by atoms with Crippen LogP contribution in [0.2, 0.25) is 0 Å². The van der Waals surface area contributed by atoms with Gasteiger partial charge in [0.2, 0.25) is 5.91 Å². The van der Waals surface area contributed by atoms with Gasteiger partial charge in [0.15, 0.2) is 11.5 Å². The second kappa shape index (κ2) is 6.26. The molecule has 1 atom stereocenters. The molecule has 1 unspecified atom stereocenters. The van der Waals surface area contributed by atoms with Gasteiger partial charge >= 0.3 is 0 Å². The van der Waals surface area contributed by atoms with Crippen LogP contribution in [-0.4, -0.2) is 16.1 Å². The highest BCUT2D eigenvalue weighted by Crippen LogP contribution is 2.26. The van der Waals surface area contributed by atoms with Gasteiger partial charge in [-0.25, -0.2) is 4.39 Å². The quantitative estimate of drug-likeness (QED) is 0.758. The Labute approximate surface area is 121 Å². The molecule has 0 spiro atoms. The maximum Gasteiger partial charge on any atom is 0.227 e. The number of phenolic OH excluding ortho intramolecular Hbond substituents is 2. The van der Waals surface area contributed by atoms with E-state index in [0.29, 0.717) is 12.1 Å². The third kappa shape index (κ3) is 3.95. The van der Waals surface area contributed by atoms with E-state index in [1.54, 1.807) is 19.1 Å². The summed E-state index contributed by atoms with van der Waals surface area (Å²) in [5.41, 5.74) is 1.13. The molecule has 0 saturated heterocycles. The number of hydrogen-bond acceptors (Lipinski definition) is 3. The Hall–Kier alpha value is -2.56. The van der Waals surface area contributed by atoms with E-state index in [1.165, 1.54) is 30.3 Å². The Balaban J connectivity index is 2.00. The van der Waals surface area contributed by atoms with Gasteiger partial charge in [0, 0.05) is 11.6 Å². The number of hydrogen-bond donors (Lipinski definition) is 3. The molecule has 2 aromatic rings. The maximum absolute atomic E-state index is 13.0. The van der Waals surface area contributed by atoms with Crippen LogP contribution in [0.5, 0.6) is 11.5 Å². The number of halogens is 1. The first kappa shape index (κ1) is 14.8. The summed E-state index contributed by atoms with van der Waals surface area (Å²) in [4.78, 5) is 12.0. The largest absolute Gasteiger partial charge is 0.504 e. The van der Waals surface area contributed by atoms with E-state index in [1.807, 2.05) is 0 Å². The van der Waals surface area contributed by atoms with Crippen molar-refractivity contribution in [2.75, 3.05) is 5.32 Å². The molecule has 4 nitrogen and oxygen atoms in total. The first-order valence-electron chi connectivity index (χ1n) is 6.53. The molecule has 0 heterocycles. The van der Waals surface area contributed by atoms with Gasteiger partial charge in [0.1, 0.15) is 5.82 Å². The van der Waals surface area contributed by atoms with Crippen molar-refractivity contribution < 1.29 is 19.4 Å². The molecule has 1 amide bonds. The number of phenols is 2. The van der Waals surface area contributed by atoms with E-state index in [4.69, 9.17) is 0 Å². The van der Waals surface area contributed by atoms with Crippen LogP contribution >= 0.6 is 0 Å². The average Bonchev–Trinajstić information content (AvgIpc) is 2.43. The zero-order valence-corrected chi connectivity index (χ0v) is 11.5. The fourth-order valence-corrected chi connectivity index (χ4v) is 1.97. The van der Waals surface area contributed by atoms with Crippen molar-refractivity contribution in [3.8, 4) is 11.5 Å². The zero-order valence-electron chi connectivity index (χ0n) is 11.5. The predicted octanol–water partition coefficient (Wildman–Crippen LogP) is 3.05. The lowest BCUT2D eigenvalue weighted by Gasteiger charge is -2.13. The molecule has 2 rings (SSSR count). The SMILES string of the molecule is CC(Cc1ccc(O)c(O)c1)C(=O)Nc1cccc(F)c1. The maximum atomic E-state index is 13.0. The van der Waals surface area contributed by atoms with Crippen molar-refractivity contribution in [1.82, 2.24) is 0 Å². The Kier molecular flexibility index (Phi) is 4.42. The van der Waals surface area contributed by atoms with Crippen LogP contribution < -0.4 is 5.32 Å². The van der Waals surface area contributed by atoms with E-state index in [0.717, 1.165) is 5.56 Å². The lowest BCUT2D eigenvalue weighted by atomic mass is 10.00. The molecule has 21 heavy (non-hydrogen) atoms. The van der Waals surface area contributed by atoms with Crippen molar-refractivity contribution in [3.05, 3.63) is 53.8 Å². The normalized spacial score (nSPS) is 11.9. The second-order valence-electron chi connectivity index (χ2n) is 4.93. The van der Waals surface area contributed by atoms with Gasteiger partial charge < -0.3 is 15.5 Å². The smallest absolute Gasteiger partial charge is 0.227 e. The van der Waals surface area contributed by atoms with Gasteiger partial charge in [-0.15, -0.1) is 0 Å². The van der Waals surface area contributed by atoms with Crippen molar-refractivity contribution in [3.63, 3.8) is 0 Å². The average molecular weight is 289 g/mol. The molecule has 0 aromatic heterocycles. The summed E-state index contributed by atoms with van der Waals surface area (Å²) in [5, 5.41) is 21.3. The van der Waals surface area contributed by atoms with Gasteiger partial charge in [0.25, 0.3) is 0 Å². The number of carbonyl (C=O) groups excluding carboxylic acids is 1. The van der Waals surface area contributed by atoms with Gasteiger partial charge in [-0.3, -0.25) is 4.79 Å². The highest BCUT2D eigenvalue weighted by molar-refractivity contribution is 5.92. The fraction of sp³-hybridized carbons (Fsp3) is 0.188. The van der Waals surface area contributed by atoms with Crippen LogP contribution in [0.15, 0.2) is 42.5 Å². The van der Waals surface area contributed by atoms with Gasteiger partial charge in [-0.1, -0.05) is 19.1 Å². The first-order chi connectivity index (χ1) is 9.95. The predicted molar refractivity (Wildman–Crippen MR) is 77.7 cm³/mol. The molecule has 0 saturated carbocycles. The third-order valence-electron chi connectivity index (χ3n) is 3.12. The summed E-state index contributed by atoms with van der Waals surface area (Å²) in [5.74, 6) is -1.44. The van der Waals surface area contributed by atoms with Crippen LogP contribution in [0.3, 0.4) is 0 Å². The molecule has 2 aromatic carbocycles. The number of benzene rings is 2. The molecule has 0 bridgehead atoms. The van der Waals surface area contributed by atoms with Crippen molar-refractivity contribution in [2.45, 2.75) is 13.3 Å². The summed E-state index contributed by atoms with van der Waals surface area (Å²) in [6.07, 6.45) is 0.398. The summed E-state index contributed by atoms with van der Waals surface area (Å²) in [6.45, 7) is 1.73. The highest BCUT2D eigenvalue weighted by Gasteiger charge is 2.15. The summed E-state index contributed by atoms with van der Waals surface area (Å²) >= 11 is 0. The standard InChI is InChI=1S/C16H16FNO3/c1-10(7-11-5-6-14(19)15(20)8-11)16(21)18-13-4-2-3-12(17)9-13/h2-6,8-10,19-20H,7H2,1H3,(H,18,21). The highest BCUT2D eigenvalue weighted by atomic mass is 19.1. The summed E-state index contributed by atoms with van der Waals surface area (Å²) in [6, 6.07) is 10.1. The second-order valence-corrected chi connectivity index (χ2v) is 4.93. The van der Waals surface area contributed by atoms with Crippen LogP contribution in [0.25, 0.3) is 0 Å². The van der Waals surface area contributed by atoms with Crippen LogP contribution in [0.4, 0.5) is 10.1 Å². The van der Waals surface area contributed by atoms with Gasteiger partial charge in [-0.2, -0.15) is 0 Å². The minimum atomic E-state index is -0.413. The number of amides is 1. The van der Waals surface area contributed by atoms with E-state index >= 15 is 0 Å². The molecule has 0 radical (unpaired) electrons. The molecular weight excluding hydrogens is 273 g/mol. The van der Waals surface area contributed by atoms with Crippen molar-refractivity contribution in [2.24, 2.45) is 5.92 Å². The summed E-state index contributed by atoms with van der Waals surface area (Å²) < 4.78 is 13.0. The van der Waals surface area contributed by atoms with Crippen molar-refractivity contribution in [1.29, 1.82) is 0 Å². The molecule has 0 aliphatic heterocycles. The Bertz CT molecular complexity index is 658. The van der Waals surface area contributed by atoms with Gasteiger partial charge in [0.05, 0.1) is 0 Å². The molecular formula is C16H16FNO3. The lowest BCUT2D eigenvalue weighted by Crippen LogP contribution is -2.22. The number of nitrogens with one attached hydrogen (secondary N) is 1. The Morgan fingerprint density at radius 2 is 1.95 bits per heavy atom. The molecule has 110 valence electrons. The van der Waals surface area contributed by atoms with Crippen molar-refractivity contribution >= 4 is 11.6 Å². The van der Waals surface area contributed by atoms with Crippen LogP contribution in [0, 0.1) is 11.7 Å². The Morgan fingerprint density at radius 3 is 2.62 bits per heavy atom. The minimum Gasteiger partial charge on any atom is -0.504 e. The first-order valence-corrected chi connectivity index (χ1v) is 6.53. The van der Waals surface area contributed by atoms with E-state index in [2.05, 4.69) is 5.32 Å². The van der Waals surface area contributed by atoms with Gasteiger partial charge in [-0.05, 0) is 42.3 Å². The molecule has 3 N–H and O–H groups in total. The van der Waals surface area contributed by atoms with E-state index in [-0.39, 0.29) is 23.3 Å². The third-order valence-corrected chi connectivity index (χ3v) is 3.12. The zero-order chi connectivity index (χ0) is 15.4. The van der Waals surface area contributed by atoms with E-state index in [9.17, 15) is 19.4 Å². The number of rotatable bonds is 4. The Morgan fingerprint density at radius 1 is 1.19 bits per heavy atom. The number of anilines is 1. The van der Waals surface area contributed by atoms with Crippen LogP contribution in [0.1, 0.15) is 12.5 Å². The topological polar surface area (TPSA) is 69.6 Å². The molecule has 0 aliphatic carbocycles. The lowest BCUT2D eigenvalue weighted by molar-refractivity contribution is -0.119. The number of carbonyl (C=O) groups is 1. The minimum absolute atomic E-state index is 0.199. The van der Waals surface area contributed by atoms with Crippen LogP contribution in [-0.2, 0) is 11.2 Å². The summed E-state index contributed by atoms with van der Waals surface area (Å²) in [7, 11) is 0.